The van der Waals surface area contributed by atoms with Gasteiger partial charge in [-0.2, -0.15) is 0 Å². The topological polar surface area (TPSA) is 53.2 Å². The van der Waals surface area contributed by atoms with Crippen LogP contribution in [0.5, 0.6) is 0 Å². The van der Waals surface area contributed by atoms with Crippen LogP contribution in [0.25, 0.3) is 0 Å². The Morgan fingerprint density at radius 3 is 2.69 bits per heavy atom. The second-order valence-corrected chi connectivity index (χ2v) is 6.89. The van der Waals surface area contributed by atoms with E-state index in [1.54, 1.807) is 6.26 Å². The first-order valence-electron chi connectivity index (χ1n) is 10.0. The minimum Gasteiger partial charge on any atom is -0.468 e. The first kappa shape index (κ1) is 20.8. The van der Waals surface area contributed by atoms with E-state index in [4.69, 9.17) is 14.1 Å². The molecule has 1 saturated carbocycles. The van der Waals surface area contributed by atoms with Crippen molar-refractivity contribution in [3.63, 3.8) is 0 Å². The number of aliphatic imine (C=N–C) groups is 1. The monoisotopic (exact) mass is 364 g/mol. The Bertz CT molecular complexity index is 510. The third-order valence-electron chi connectivity index (χ3n) is 4.86. The molecule has 6 heteroatoms. The first-order chi connectivity index (χ1) is 12.7. The van der Waals surface area contributed by atoms with E-state index < -0.39 is 0 Å². The molecule has 1 aliphatic rings. The van der Waals surface area contributed by atoms with Crippen LogP contribution in [0, 0.1) is 5.92 Å². The van der Waals surface area contributed by atoms with E-state index in [0.717, 1.165) is 57.0 Å². The fourth-order valence-electron chi connectivity index (χ4n) is 3.02. The van der Waals surface area contributed by atoms with Crippen LogP contribution < -0.4 is 5.32 Å². The third kappa shape index (κ3) is 6.65. The highest BCUT2D eigenvalue weighted by molar-refractivity contribution is 5.79. The van der Waals surface area contributed by atoms with Gasteiger partial charge in [0.15, 0.2) is 5.96 Å². The standard InChI is InChI=1S/C20H36N4O2/c1-5-21-20(23(4)12-14-25-16-17-10-11-17)22-15-18(24(6-2)7-3)19-9-8-13-26-19/h8-9,13,17-18H,5-7,10-12,14-16H2,1-4H3,(H,21,22). The van der Waals surface area contributed by atoms with E-state index in [1.165, 1.54) is 12.8 Å². The third-order valence-corrected chi connectivity index (χ3v) is 4.86. The van der Waals surface area contributed by atoms with Gasteiger partial charge in [-0.1, -0.05) is 13.8 Å². The summed E-state index contributed by atoms with van der Waals surface area (Å²) in [5.74, 6) is 2.71. The molecule has 0 aromatic carbocycles. The Morgan fingerprint density at radius 1 is 1.35 bits per heavy atom. The molecule has 0 aliphatic heterocycles. The summed E-state index contributed by atoms with van der Waals surface area (Å²) in [5.41, 5.74) is 0. The average Bonchev–Trinajstić information content (AvgIpc) is 3.32. The number of guanidine groups is 1. The van der Waals surface area contributed by atoms with E-state index in [0.29, 0.717) is 6.54 Å². The minimum atomic E-state index is 0.160. The van der Waals surface area contributed by atoms with Gasteiger partial charge in [-0.05, 0) is 50.9 Å². The molecule has 0 spiro atoms. The molecule has 1 aliphatic carbocycles. The van der Waals surface area contributed by atoms with Crippen molar-refractivity contribution in [3.05, 3.63) is 24.2 Å². The summed E-state index contributed by atoms with van der Waals surface area (Å²) >= 11 is 0. The molecule has 0 amide bonds. The van der Waals surface area contributed by atoms with Crippen molar-refractivity contribution in [3.8, 4) is 0 Å². The maximum Gasteiger partial charge on any atom is 0.193 e. The zero-order chi connectivity index (χ0) is 18.8. The van der Waals surface area contributed by atoms with Gasteiger partial charge in [-0.25, -0.2) is 0 Å². The van der Waals surface area contributed by atoms with Crippen LogP contribution in [0.2, 0.25) is 0 Å². The van der Waals surface area contributed by atoms with Gasteiger partial charge in [-0.15, -0.1) is 0 Å². The van der Waals surface area contributed by atoms with E-state index >= 15 is 0 Å². The summed E-state index contributed by atoms with van der Waals surface area (Å²) < 4.78 is 11.4. The number of rotatable bonds is 12. The van der Waals surface area contributed by atoms with Gasteiger partial charge in [0.25, 0.3) is 0 Å². The molecule has 1 unspecified atom stereocenters. The van der Waals surface area contributed by atoms with Crippen molar-refractivity contribution >= 4 is 5.96 Å². The largest absolute Gasteiger partial charge is 0.468 e. The van der Waals surface area contributed by atoms with E-state index in [1.807, 2.05) is 12.1 Å². The van der Waals surface area contributed by atoms with Gasteiger partial charge in [-0.3, -0.25) is 9.89 Å². The number of nitrogens with zero attached hydrogens (tertiary/aromatic N) is 3. The lowest BCUT2D eigenvalue weighted by Gasteiger charge is -2.28. The van der Waals surface area contributed by atoms with Gasteiger partial charge < -0.3 is 19.4 Å². The lowest BCUT2D eigenvalue weighted by atomic mass is 10.2. The van der Waals surface area contributed by atoms with Crippen LogP contribution in [-0.4, -0.2) is 68.7 Å². The predicted molar refractivity (Wildman–Crippen MR) is 107 cm³/mol. The molecular weight excluding hydrogens is 328 g/mol. The van der Waals surface area contributed by atoms with Crippen molar-refractivity contribution < 1.29 is 9.15 Å². The molecule has 1 fully saturated rings. The van der Waals surface area contributed by atoms with E-state index in [2.05, 4.69) is 42.9 Å². The van der Waals surface area contributed by atoms with Crippen LogP contribution in [0.4, 0.5) is 0 Å². The van der Waals surface area contributed by atoms with Gasteiger partial charge in [0.05, 0.1) is 25.5 Å². The molecular formula is C20H36N4O2. The molecule has 6 nitrogen and oxygen atoms in total. The number of hydrogen-bond acceptors (Lipinski definition) is 4. The maximum atomic E-state index is 5.77. The lowest BCUT2D eigenvalue weighted by molar-refractivity contribution is 0.115. The molecule has 1 heterocycles. The lowest BCUT2D eigenvalue weighted by Crippen LogP contribution is -2.41. The molecule has 0 radical (unpaired) electrons. The summed E-state index contributed by atoms with van der Waals surface area (Å²) in [5, 5.41) is 3.39. The summed E-state index contributed by atoms with van der Waals surface area (Å²) in [6.45, 7) is 12.4. The second kappa shape index (κ2) is 11.2. The number of ether oxygens (including phenoxy) is 1. The smallest absolute Gasteiger partial charge is 0.193 e. The number of furan rings is 1. The maximum absolute atomic E-state index is 5.77. The molecule has 1 N–H and O–H groups in total. The van der Waals surface area contributed by atoms with Crippen LogP contribution in [0.3, 0.4) is 0 Å². The Balaban J connectivity index is 1.94. The van der Waals surface area contributed by atoms with Crippen LogP contribution in [0.15, 0.2) is 27.8 Å². The van der Waals surface area contributed by atoms with Crippen molar-refractivity contribution in [1.29, 1.82) is 0 Å². The number of hydrogen-bond donors (Lipinski definition) is 1. The normalized spacial score (nSPS) is 16.1. The highest BCUT2D eigenvalue weighted by atomic mass is 16.5. The Hall–Kier alpha value is -1.53. The van der Waals surface area contributed by atoms with Crippen molar-refractivity contribution in [1.82, 2.24) is 15.1 Å². The first-order valence-corrected chi connectivity index (χ1v) is 10.0. The molecule has 0 saturated heterocycles. The highest BCUT2D eigenvalue weighted by Crippen LogP contribution is 2.28. The minimum absolute atomic E-state index is 0.160. The van der Waals surface area contributed by atoms with Crippen molar-refractivity contribution in [2.75, 3.05) is 53.0 Å². The molecule has 148 valence electrons. The van der Waals surface area contributed by atoms with E-state index in [9.17, 15) is 0 Å². The highest BCUT2D eigenvalue weighted by Gasteiger charge is 2.22. The molecule has 26 heavy (non-hydrogen) atoms. The fourth-order valence-corrected chi connectivity index (χ4v) is 3.02. The van der Waals surface area contributed by atoms with E-state index in [-0.39, 0.29) is 6.04 Å². The fraction of sp³-hybridized carbons (Fsp3) is 0.750. The van der Waals surface area contributed by atoms with Gasteiger partial charge in [0.2, 0.25) is 0 Å². The van der Waals surface area contributed by atoms with Gasteiger partial charge in [0, 0.05) is 26.7 Å². The van der Waals surface area contributed by atoms with Crippen LogP contribution in [-0.2, 0) is 4.74 Å². The zero-order valence-electron chi connectivity index (χ0n) is 16.9. The predicted octanol–water partition coefficient (Wildman–Crippen LogP) is 2.99. The van der Waals surface area contributed by atoms with Crippen molar-refractivity contribution in [2.24, 2.45) is 10.9 Å². The van der Waals surface area contributed by atoms with Crippen molar-refractivity contribution in [2.45, 2.75) is 39.7 Å². The van der Waals surface area contributed by atoms with Gasteiger partial charge in [0.1, 0.15) is 5.76 Å². The molecule has 2 rings (SSSR count). The molecule has 0 bridgehead atoms. The van der Waals surface area contributed by atoms with Gasteiger partial charge >= 0.3 is 0 Å². The van der Waals surface area contributed by atoms with Crippen LogP contribution in [0.1, 0.15) is 45.4 Å². The molecule has 1 aromatic heterocycles. The summed E-state index contributed by atoms with van der Waals surface area (Å²) in [4.78, 5) is 9.42. The summed E-state index contributed by atoms with van der Waals surface area (Å²) in [7, 11) is 2.07. The molecule has 1 atom stereocenters. The summed E-state index contributed by atoms with van der Waals surface area (Å²) in [6.07, 6.45) is 4.41. The summed E-state index contributed by atoms with van der Waals surface area (Å²) in [6, 6.07) is 4.15. The Kier molecular flexibility index (Phi) is 8.98. The Labute approximate surface area is 158 Å². The number of nitrogens with one attached hydrogen (secondary N) is 1. The quantitative estimate of drug-likeness (QED) is 0.351. The second-order valence-electron chi connectivity index (χ2n) is 6.89. The molecule has 1 aromatic rings. The Morgan fingerprint density at radius 2 is 2.12 bits per heavy atom. The average molecular weight is 365 g/mol. The number of likely N-dealkylation sites (N-methyl/N-ethyl adjacent to an activating group) is 2. The zero-order valence-corrected chi connectivity index (χ0v) is 16.9. The SMILES string of the molecule is CCNC(=NCC(c1ccco1)N(CC)CC)N(C)CCOCC1CC1. The van der Waals surface area contributed by atoms with Crippen LogP contribution >= 0.6 is 0 Å².